The van der Waals surface area contributed by atoms with Gasteiger partial charge in [-0.25, -0.2) is 13.4 Å². The Kier molecular flexibility index (Phi) is 4.09. The summed E-state index contributed by atoms with van der Waals surface area (Å²) in [5.41, 5.74) is 0.280. The number of ketones is 2. The van der Waals surface area contributed by atoms with Crippen LogP contribution in [0.25, 0.3) is 0 Å². The summed E-state index contributed by atoms with van der Waals surface area (Å²) in [6, 6.07) is 8.99. The van der Waals surface area contributed by atoms with Gasteiger partial charge in [-0.2, -0.15) is 5.10 Å². The van der Waals surface area contributed by atoms with Crippen LogP contribution in [0.15, 0.2) is 63.4 Å². The summed E-state index contributed by atoms with van der Waals surface area (Å²) in [7, 11) is -3.81. The Hall–Kier alpha value is -3.07. The Balaban J connectivity index is 1.79. The molecule has 0 saturated heterocycles. The van der Waals surface area contributed by atoms with Crippen molar-refractivity contribution in [1.82, 2.24) is 15.2 Å². The predicted molar refractivity (Wildman–Crippen MR) is 80.0 cm³/mol. The third-order valence-corrected chi connectivity index (χ3v) is 4.83. The van der Waals surface area contributed by atoms with Crippen LogP contribution in [0.2, 0.25) is 0 Å². The molecule has 0 aliphatic carbocycles. The van der Waals surface area contributed by atoms with Gasteiger partial charge in [-0.1, -0.05) is 18.2 Å². The van der Waals surface area contributed by atoms with Crippen molar-refractivity contribution >= 4 is 21.4 Å². The molecule has 122 valence electrons. The van der Waals surface area contributed by atoms with E-state index in [4.69, 9.17) is 4.42 Å². The largest absolute Gasteiger partial charge is 0.452 e. The highest BCUT2D eigenvalue weighted by Gasteiger charge is 2.24. The van der Waals surface area contributed by atoms with Gasteiger partial charge in [0, 0.05) is 6.42 Å². The molecule has 24 heavy (non-hydrogen) atoms. The summed E-state index contributed by atoms with van der Waals surface area (Å²) >= 11 is 0. The SMILES string of the molecule is O=C(Cc1coc(S(=O)(=O)c2ccccc2)c1)C(=O)c1ncn[nH]1. The monoisotopic (exact) mass is 345 g/mol. The number of carbonyl (C=O) groups excluding carboxylic acids is 2. The van der Waals surface area contributed by atoms with E-state index in [0.717, 1.165) is 12.6 Å². The highest BCUT2D eigenvalue weighted by Crippen LogP contribution is 2.23. The number of H-pyrrole nitrogens is 1. The lowest BCUT2D eigenvalue weighted by Crippen LogP contribution is -2.17. The van der Waals surface area contributed by atoms with E-state index < -0.39 is 21.4 Å². The molecule has 8 nitrogen and oxygen atoms in total. The lowest BCUT2D eigenvalue weighted by Gasteiger charge is -1.99. The molecule has 0 fully saturated rings. The molecule has 0 aliphatic heterocycles. The third-order valence-electron chi connectivity index (χ3n) is 3.20. The predicted octanol–water partition coefficient (Wildman–Crippen LogP) is 1.22. The summed E-state index contributed by atoms with van der Waals surface area (Å²) in [4.78, 5) is 27.4. The van der Waals surface area contributed by atoms with Crippen LogP contribution < -0.4 is 0 Å². The van der Waals surface area contributed by atoms with E-state index in [1.807, 2.05) is 0 Å². The van der Waals surface area contributed by atoms with Crippen LogP contribution in [-0.2, 0) is 21.1 Å². The molecule has 0 atom stereocenters. The number of Topliss-reactive ketones (excluding diaryl/α,β-unsaturated/α-hetero) is 2. The average molecular weight is 345 g/mol. The van der Waals surface area contributed by atoms with Crippen molar-refractivity contribution in [2.45, 2.75) is 16.4 Å². The summed E-state index contributed by atoms with van der Waals surface area (Å²) in [5, 5.41) is 5.51. The fraction of sp³-hybridized carbons (Fsp3) is 0.0667. The average Bonchev–Trinajstić information content (AvgIpc) is 3.27. The van der Waals surface area contributed by atoms with E-state index in [1.165, 1.54) is 18.2 Å². The second-order valence-electron chi connectivity index (χ2n) is 4.85. The van der Waals surface area contributed by atoms with Crippen LogP contribution in [-0.4, -0.2) is 35.2 Å². The number of hydrogen-bond acceptors (Lipinski definition) is 7. The van der Waals surface area contributed by atoms with Gasteiger partial charge >= 0.3 is 0 Å². The molecule has 2 heterocycles. The zero-order valence-corrected chi connectivity index (χ0v) is 13.0. The molecule has 2 aromatic heterocycles. The van der Waals surface area contributed by atoms with Gasteiger partial charge in [0.1, 0.15) is 6.33 Å². The van der Waals surface area contributed by atoms with Crippen molar-refractivity contribution < 1.29 is 22.4 Å². The third kappa shape index (κ3) is 3.01. The van der Waals surface area contributed by atoms with E-state index in [2.05, 4.69) is 15.2 Å². The first-order valence-corrected chi connectivity index (χ1v) is 8.27. The fourth-order valence-corrected chi connectivity index (χ4v) is 3.24. The standard InChI is InChI=1S/C15H11N3O5S/c19-12(14(20)15-16-9-17-18-15)6-10-7-13(23-8-10)24(21,22)11-4-2-1-3-5-11/h1-5,7-9H,6H2,(H,16,17,18). The number of hydrogen-bond donors (Lipinski definition) is 1. The molecule has 0 bridgehead atoms. The van der Waals surface area contributed by atoms with E-state index in [9.17, 15) is 18.0 Å². The van der Waals surface area contributed by atoms with Crippen LogP contribution in [0.4, 0.5) is 0 Å². The molecule has 0 saturated carbocycles. The highest BCUT2D eigenvalue weighted by atomic mass is 32.2. The Bertz CT molecular complexity index is 975. The fourth-order valence-electron chi connectivity index (χ4n) is 2.02. The lowest BCUT2D eigenvalue weighted by molar-refractivity contribution is -0.114. The Morgan fingerprint density at radius 2 is 1.92 bits per heavy atom. The van der Waals surface area contributed by atoms with Gasteiger partial charge in [0.2, 0.25) is 20.7 Å². The first-order valence-electron chi connectivity index (χ1n) is 6.79. The second kappa shape index (κ2) is 6.20. The topological polar surface area (TPSA) is 123 Å². The molecule has 3 aromatic rings. The molecule has 3 rings (SSSR count). The van der Waals surface area contributed by atoms with Crippen LogP contribution >= 0.6 is 0 Å². The lowest BCUT2D eigenvalue weighted by atomic mass is 10.1. The van der Waals surface area contributed by atoms with Gasteiger partial charge in [-0.05, 0) is 23.8 Å². The number of sulfone groups is 1. The molecule has 9 heteroatoms. The minimum Gasteiger partial charge on any atom is -0.452 e. The number of aromatic nitrogens is 3. The van der Waals surface area contributed by atoms with E-state index in [0.29, 0.717) is 0 Å². The van der Waals surface area contributed by atoms with Gasteiger partial charge in [-0.3, -0.25) is 14.7 Å². The first-order chi connectivity index (χ1) is 11.5. The van der Waals surface area contributed by atoms with Crippen LogP contribution in [0.5, 0.6) is 0 Å². The van der Waals surface area contributed by atoms with Crippen molar-refractivity contribution in [1.29, 1.82) is 0 Å². The number of nitrogens with one attached hydrogen (secondary N) is 1. The summed E-state index contributed by atoms with van der Waals surface area (Å²) in [6.45, 7) is 0. The summed E-state index contributed by atoms with van der Waals surface area (Å²) in [6.07, 6.45) is 1.96. The Labute approximate surface area is 136 Å². The number of furan rings is 1. The maximum Gasteiger partial charge on any atom is 0.265 e. The van der Waals surface area contributed by atoms with Crippen LogP contribution in [0.3, 0.4) is 0 Å². The zero-order chi connectivity index (χ0) is 17.2. The van der Waals surface area contributed by atoms with Gasteiger partial charge in [0.25, 0.3) is 5.78 Å². The number of aromatic amines is 1. The number of benzene rings is 1. The zero-order valence-electron chi connectivity index (χ0n) is 12.2. The minimum absolute atomic E-state index is 0.0787. The maximum atomic E-state index is 12.4. The smallest absolute Gasteiger partial charge is 0.265 e. The highest BCUT2D eigenvalue weighted by molar-refractivity contribution is 7.91. The van der Waals surface area contributed by atoms with E-state index in [1.54, 1.807) is 18.2 Å². The van der Waals surface area contributed by atoms with Crippen molar-refractivity contribution in [3.05, 3.63) is 60.4 Å². The van der Waals surface area contributed by atoms with E-state index >= 15 is 0 Å². The summed E-state index contributed by atoms with van der Waals surface area (Å²) in [5.74, 6) is -1.75. The molecule has 0 unspecified atom stereocenters. The quantitative estimate of drug-likeness (QED) is 0.526. The van der Waals surface area contributed by atoms with Crippen LogP contribution in [0.1, 0.15) is 16.2 Å². The van der Waals surface area contributed by atoms with Gasteiger partial charge in [0.05, 0.1) is 11.2 Å². The molecule has 0 amide bonds. The van der Waals surface area contributed by atoms with Gasteiger partial charge < -0.3 is 4.42 Å². The van der Waals surface area contributed by atoms with E-state index in [-0.39, 0.29) is 27.8 Å². The molecular weight excluding hydrogens is 334 g/mol. The number of nitrogens with zero attached hydrogens (tertiary/aromatic N) is 2. The minimum atomic E-state index is -3.81. The molecule has 1 N–H and O–H groups in total. The van der Waals surface area contributed by atoms with Crippen molar-refractivity contribution in [2.75, 3.05) is 0 Å². The molecular formula is C15H11N3O5S. The Morgan fingerprint density at radius 1 is 1.17 bits per heavy atom. The van der Waals surface area contributed by atoms with Gasteiger partial charge in [0.15, 0.2) is 5.82 Å². The number of rotatable bonds is 6. The molecule has 1 aromatic carbocycles. The van der Waals surface area contributed by atoms with Crippen molar-refractivity contribution in [2.24, 2.45) is 0 Å². The van der Waals surface area contributed by atoms with Crippen LogP contribution in [0, 0.1) is 0 Å². The number of carbonyl (C=O) groups is 2. The van der Waals surface area contributed by atoms with Crippen molar-refractivity contribution in [3.8, 4) is 0 Å². The Morgan fingerprint density at radius 3 is 2.58 bits per heavy atom. The normalized spacial score (nSPS) is 11.3. The summed E-state index contributed by atoms with van der Waals surface area (Å²) < 4.78 is 29.8. The molecule has 0 spiro atoms. The molecule has 0 radical (unpaired) electrons. The van der Waals surface area contributed by atoms with Crippen molar-refractivity contribution in [3.63, 3.8) is 0 Å². The second-order valence-corrected chi connectivity index (χ2v) is 6.73. The first kappa shape index (κ1) is 15.8. The molecule has 0 aliphatic rings. The van der Waals surface area contributed by atoms with Gasteiger partial charge in [-0.15, -0.1) is 0 Å². The maximum absolute atomic E-state index is 12.4.